The maximum atomic E-state index is 11.7. The topological polar surface area (TPSA) is 67.9 Å². The molecule has 1 saturated heterocycles. The van der Waals surface area contributed by atoms with Gasteiger partial charge in [-0.15, -0.1) is 0 Å². The average Bonchev–Trinajstić information content (AvgIpc) is 2.39. The second-order valence-electron chi connectivity index (χ2n) is 5.43. The molecule has 21 heavy (non-hydrogen) atoms. The molecule has 0 spiro atoms. The van der Waals surface area contributed by atoms with E-state index in [1.165, 1.54) is 0 Å². The maximum Gasteiger partial charge on any atom is 0.407 e. The average molecular weight is 300 g/mol. The quantitative estimate of drug-likeness (QED) is 0.726. The van der Waals surface area contributed by atoms with Gasteiger partial charge >= 0.3 is 12.1 Å². The first kappa shape index (κ1) is 17.8. The summed E-state index contributed by atoms with van der Waals surface area (Å²) in [4.78, 5) is 25.5. The molecule has 0 aromatic heterocycles. The molecule has 1 amide bonds. The Labute approximate surface area is 127 Å². The van der Waals surface area contributed by atoms with Crippen molar-refractivity contribution in [2.45, 2.75) is 46.1 Å². The SMILES string of the molecule is CCCN1CC(CC(=O)OCC)CC(NC(=O)OCC)C1. The van der Waals surface area contributed by atoms with Crippen LogP contribution in [-0.2, 0) is 14.3 Å². The van der Waals surface area contributed by atoms with Gasteiger partial charge in [-0.05, 0) is 39.2 Å². The first-order valence-corrected chi connectivity index (χ1v) is 7.90. The third-order valence-corrected chi connectivity index (χ3v) is 3.51. The fourth-order valence-corrected chi connectivity index (χ4v) is 2.85. The smallest absolute Gasteiger partial charge is 0.407 e. The van der Waals surface area contributed by atoms with Crippen molar-refractivity contribution in [3.63, 3.8) is 0 Å². The van der Waals surface area contributed by atoms with Crippen LogP contribution in [0.3, 0.4) is 0 Å². The molecular formula is C15H28N2O4. The molecule has 0 bridgehead atoms. The summed E-state index contributed by atoms with van der Waals surface area (Å²) < 4.78 is 9.96. The highest BCUT2D eigenvalue weighted by atomic mass is 16.5. The summed E-state index contributed by atoms with van der Waals surface area (Å²) in [7, 11) is 0. The molecule has 0 radical (unpaired) electrons. The van der Waals surface area contributed by atoms with Gasteiger partial charge in [0.05, 0.1) is 13.2 Å². The Morgan fingerprint density at radius 1 is 1.14 bits per heavy atom. The molecule has 2 unspecified atom stereocenters. The number of hydrogen-bond acceptors (Lipinski definition) is 5. The van der Waals surface area contributed by atoms with E-state index in [0.29, 0.717) is 19.6 Å². The Hall–Kier alpha value is -1.30. The minimum Gasteiger partial charge on any atom is -0.466 e. The molecule has 0 aromatic carbocycles. The number of amides is 1. The van der Waals surface area contributed by atoms with Gasteiger partial charge in [0.25, 0.3) is 0 Å². The highest BCUT2D eigenvalue weighted by molar-refractivity contribution is 5.70. The summed E-state index contributed by atoms with van der Waals surface area (Å²) in [6.07, 6.45) is 1.88. The summed E-state index contributed by atoms with van der Waals surface area (Å²) >= 11 is 0. The van der Waals surface area contributed by atoms with Gasteiger partial charge in [-0.1, -0.05) is 6.92 Å². The lowest BCUT2D eigenvalue weighted by atomic mass is 9.91. The van der Waals surface area contributed by atoms with Crippen molar-refractivity contribution in [2.75, 3.05) is 32.8 Å². The number of carbonyl (C=O) groups excluding carboxylic acids is 2. The van der Waals surface area contributed by atoms with E-state index >= 15 is 0 Å². The van der Waals surface area contributed by atoms with Gasteiger partial charge < -0.3 is 19.7 Å². The molecule has 6 heteroatoms. The summed E-state index contributed by atoms with van der Waals surface area (Å²) in [5.74, 6) is 0.0620. The number of nitrogens with zero attached hydrogens (tertiary/aromatic N) is 1. The van der Waals surface area contributed by atoms with Crippen LogP contribution >= 0.6 is 0 Å². The number of alkyl carbamates (subject to hydrolysis) is 1. The largest absolute Gasteiger partial charge is 0.466 e. The number of rotatable bonds is 7. The minimum atomic E-state index is -0.379. The lowest BCUT2D eigenvalue weighted by Crippen LogP contribution is -2.51. The van der Waals surface area contributed by atoms with Crippen LogP contribution in [0.25, 0.3) is 0 Å². The Bertz CT molecular complexity index is 308. The van der Waals surface area contributed by atoms with Gasteiger partial charge in [0.15, 0.2) is 0 Å². The number of carbonyl (C=O) groups is 2. The normalized spacial score (nSPS) is 22.6. The van der Waals surface area contributed by atoms with Gasteiger partial charge in [0, 0.05) is 25.6 Å². The van der Waals surface area contributed by atoms with E-state index in [9.17, 15) is 9.59 Å². The lowest BCUT2D eigenvalue weighted by Gasteiger charge is -2.37. The summed E-state index contributed by atoms with van der Waals surface area (Å²) in [5, 5.41) is 2.89. The van der Waals surface area contributed by atoms with Crippen molar-refractivity contribution in [3.05, 3.63) is 0 Å². The molecule has 0 aromatic rings. The predicted octanol–water partition coefficient (Wildman–Crippen LogP) is 1.79. The molecule has 6 nitrogen and oxygen atoms in total. The molecule has 2 atom stereocenters. The second kappa shape index (κ2) is 9.60. The maximum absolute atomic E-state index is 11.7. The van der Waals surface area contributed by atoms with E-state index < -0.39 is 0 Å². The molecular weight excluding hydrogens is 272 g/mol. The summed E-state index contributed by atoms with van der Waals surface area (Å²) in [6.45, 7) is 9.17. The number of likely N-dealkylation sites (tertiary alicyclic amines) is 1. The van der Waals surface area contributed by atoms with Crippen molar-refractivity contribution in [1.29, 1.82) is 0 Å². The van der Waals surface area contributed by atoms with Crippen LogP contribution in [0.4, 0.5) is 4.79 Å². The number of ether oxygens (including phenoxy) is 2. The Morgan fingerprint density at radius 3 is 2.48 bits per heavy atom. The van der Waals surface area contributed by atoms with E-state index in [1.807, 2.05) is 6.92 Å². The van der Waals surface area contributed by atoms with Crippen LogP contribution in [0.15, 0.2) is 0 Å². The van der Waals surface area contributed by atoms with Gasteiger partial charge in [0.1, 0.15) is 0 Å². The fraction of sp³-hybridized carbons (Fsp3) is 0.867. The van der Waals surface area contributed by atoms with Crippen LogP contribution in [0.2, 0.25) is 0 Å². The molecule has 122 valence electrons. The molecule has 0 saturated carbocycles. The molecule has 1 fully saturated rings. The van der Waals surface area contributed by atoms with Crippen LogP contribution in [0.5, 0.6) is 0 Å². The zero-order valence-corrected chi connectivity index (χ0v) is 13.4. The van der Waals surface area contributed by atoms with E-state index in [4.69, 9.17) is 9.47 Å². The number of piperidine rings is 1. The van der Waals surface area contributed by atoms with E-state index in [2.05, 4.69) is 17.1 Å². The molecule has 1 rings (SSSR count). The summed E-state index contributed by atoms with van der Waals surface area (Å²) in [6, 6.07) is 0.0313. The molecule has 0 aliphatic carbocycles. The summed E-state index contributed by atoms with van der Waals surface area (Å²) in [5.41, 5.74) is 0. The highest BCUT2D eigenvalue weighted by Gasteiger charge is 2.29. The molecule has 1 aliphatic rings. The standard InChI is InChI=1S/C15H28N2O4/c1-4-7-17-10-12(9-14(18)20-5-2)8-13(11-17)16-15(19)21-6-3/h12-13H,4-11H2,1-3H3,(H,16,19). The zero-order valence-electron chi connectivity index (χ0n) is 13.4. The predicted molar refractivity (Wildman–Crippen MR) is 80.0 cm³/mol. The van der Waals surface area contributed by atoms with Crippen molar-refractivity contribution < 1.29 is 19.1 Å². The van der Waals surface area contributed by atoms with Crippen LogP contribution in [0.1, 0.15) is 40.0 Å². The monoisotopic (exact) mass is 300 g/mol. The third kappa shape index (κ3) is 6.80. The number of nitrogens with one attached hydrogen (secondary N) is 1. The van der Waals surface area contributed by atoms with E-state index in [-0.39, 0.29) is 24.0 Å². The molecule has 1 heterocycles. The first-order valence-electron chi connectivity index (χ1n) is 7.90. The molecule has 1 N–H and O–H groups in total. The van der Waals surface area contributed by atoms with Crippen molar-refractivity contribution in [2.24, 2.45) is 5.92 Å². The Morgan fingerprint density at radius 2 is 1.86 bits per heavy atom. The second-order valence-corrected chi connectivity index (χ2v) is 5.43. The van der Waals surface area contributed by atoms with Gasteiger partial charge in [0.2, 0.25) is 0 Å². The number of esters is 1. The Kier molecular flexibility index (Phi) is 8.12. The van der Waals surface area contributed by atoms with Crippen LogP contribution < -0.4 is 5.32 Å². The fourth-order valence-electron chi connectivity index (χ4n) is 2.85. The van der Waals surface area contributed by atoms with Gasteiger partial charge in [-0.3, -0.25) is 4.79 Å². The minimum absolute atomic E-state index is 0.0313. The number of hydrogen-bond donors (Lipinski definition) is 1. The Balaban J connectivity index is 2.54. The highest BCUT2D eigenvalue weighted by Crippen LogP contribution is 2.21. The van der Waals surface area contributed by atoms with E-state index in [0.717, 1.165) is 32.5 Å². The van der Waals surface area contributed by atoms with Gasteiger partial charge in [-0.2, -0.15) is 0 Å². The van der Waals surface area contributed by atoms with Crippen LogP contribution in [-0.4, -0.2) is 55.9 Å². The van der Waals surface area contributed by atoms with E-state index in [1.54, 1.807) is 6.92 Å². The van der Waals surface area contributed by atoms with Crippen molar-refractivity contribution in [3.8, 4) is 0 Å². The first-order chi connectivity index (χ1) is 10.1. The lowest BCUT2D eigenvalue weighted by molar-refractivity contribution is -0.144. The van der Waals surface area contributed by atoms with Crippen molar-refractivity contribution in [1.82, 2.24) is 10.2 Å². The molecule has 1 aliphatic heterocycles. The third-order valence-electron chi connectivity index (χ3n) is 3.51. The zero-order chi connectivity index (χ0) is 15.7. The van der Waals surface area contributed by atoms with Gasteiger partial charge in [-0.25, -0.2) is 4.79 Å². The van der Waals surface area contributed by atoms with Crippen LogP contribution in [0, 0.1) is 5.92 Å². The van der Waals surface area contributed by atoms with Crippen molar-refractivity contribution >= 4 is 12.1 Å².